The van der Waals surface area contributed by atoms with Crippen LogP contribution in [-0.2, 0) is 0 Å². The zero-order valence-corrected chi connectivity index (χ0v) is 25.2. The highest BCUT2D eigenvalue weighted by molar-refractivity contribution is 6.88. The molecule has 1 nitrogen and oxygen atoms in total. The monoisotopic (exact) mass is 525 g/mol. The molecule has 0 saturated carbocycles. The summed E-state index contributed by atoms with van der Waals surface area (Å²) < 4.78 is 0. The molecule has 2 aromatic rings. The summed E-state index contributed by atoms with van der Waals surface area (Å²) in [6.45, 7) is 17.9. The van der Waals surface area contributed by atoms with Crippen LogP contribution in [0.2, 0.25) is 0 Å². The van der Waals surface area contributed by atoms with Crippen molar-refractivity contribution in [1.82, 2.24) is 0 Å². The second kappa shape index (κ2) is 11.9. The first kappa shape index (κ1) is 28.0. The third-order valence-electron chi connectivity index (χ3n) is 8.49. The lowest BCUT2D eigenvalue weighted by Crippen LogP contribution is -2.44. The number of hydrogen-bond donors (Lipinski definition) is 1. The Morgan fingerprint density at radius 1 is 1.02 bits per heavy atom. The molecule has 3 aliphatic rings. The third-order valence-corrected chi connectivity index (χ3v) is 8.49. The Labute approximate surface area is 243 Å². The predicted molar refractivity (Wildman–Crippen MR) is 176 cm³/mol. The van der Waals surface area contributed by atoms with Gasteiger partial charge in [-0.15, -0.1) is 0 Å². The van der Waals surface area contributed by atoms with Crippen LogP contribution >= 0.6 is 0 Å². The fourth-order valence-electron chi connectivity index (χ4n) is 6.60. The van der Waals surface area contributed by atoms with Crippen LogP contribution < -0.4 is 10.8 Å². The topological polar surface area (TPSA) is 12.0 Å². The van der Waals surface area contributed by atoms with Crippen molar-refractivity contribution >= 4 is 17.9 Å². The van der Waals surface area contributed by atoms with Crippen LogP contribution in [0.1, 0.15) is 69.6 Å². The molecule has 0 fully saturated rings. The van der Waals surface area contributed by atoms with Gasteiger partial charge in [-0.3, -0.25) is 0 Å². The molecule has 5 rings (SSSR count). The van der Waals surface area contributed by atoms with E-state index in [0.717, 1.165) is 30.5 Å². The van der Waals surface area contributed by atoms with E-state index in [4.69, 9.17) is 0 Å². The highest BCUT2D eigenvalue weighted by Crippen LogP contribution is 2.43. The fraction of sp³-hybridized carbons (Fsp3) is 0.316. The van der Waals surface area contributed by atoms with Gasteiger partial charge in [-0.05, 0) is 93.7 Å². The van der Waals surface area contributed by atoms with Crippen LogP contribution in [-0.4, -0.2) is 6.71 Å². The molecule has 0 aromatic heterocycles. The zero-order chi connectivity index (χ0) is 28.4. The smallest absolute Gasteiger partial charge is 0.243 e. The standard InChI is InChI=1S/C38H44BN/c1-25(2)18-36-35(23-31-13-8-26(3)9-14-31)34-17-12-28(5)22-37(34)39(32-20-29(6)19-30(7)21-32)38(36)24-40-33-15-10-27(4)11-16-33/h8,10-18,20-22,24,26,29,35,40H,1,9,19,23H2,2-7H3/b36-18?,38-24-/t26?,29-,35+/m1/s1. The summed E-state index contributed by atoms with van der Waals surface area (Å²) in [4.78, 5) is 0. The van der Waals surface area contributed by atoms with Gasteiger partial charge in [0.1, 0.15) is 0 Å². The van der Waals surface area contributed by atoms with E-state index in [0.29, 0.717) is 11.8 Å². The minimum absolute atomic E-state index is 0.170. The maximum absolute atomic E-state index is 4.36. The van der Waals surface area contributed by atoms with E-state index < -0.39 is 0 Å². The minimum atomic E-state index is 0.170. The number of allylic oxidation sites excluding steroid dienone is 12. The van der Waals surface area contributed by atoms with Gasteiger partial charge in [-0.25, -0.2) is 0 Å². The van der Waals surface area contributed by atoms with Crippen LogP contribution in [0.4, 0.5) is 5.69 Å². The first-order chi connectivity index (χ1) is 19.2. The van der Waals surface area contributed by atoms with Crippen molar-refractivity contribution in [2.75, 3.05) is 5.32 Å². The Hall–Kier alpha value is -3.52. The van der Waals surface area contributed by atoms with E-state index in [-0.39, 0.29) is 12.6 Å². The van der Waals surface area contributed by atoms with Crippen molar-refractivity contribution in [2.45, 2.75) is 66.7 Å². The summed E-state index contributed by atoms with van der Waals surface area (Å²) in [5.74, 6) is 1.42. The van der Waals surface area contributed by atoms with Gasteiger partial charge in [0.2, 0.25) is 6.71 Å². The molecule has 2 aliphatic carbocycles. The molecule has 0 radical (unpaired) electrons. The molecule has 40 heavy (non-hydrogen) atoms. The average Bonchev–Trinajstić information content (AvgIpc) is 2.90. The first-order valence-electron chi connectivity index (χ1n) is 14.9. The minimum Gasteiger partial charge on any atom is -0.362 e. The number of rotatable bonds is 6. The van der Waals surface area contributed by atoms with Gasteiger partial charge in [0.25, 0.3) is 0 Å². The number of aryl methyl sites for hydroxylation is 2. The van der Waals surface area contributed by atoms with Crippen molar-refractivity contribution < 1.29 is 0 Å². The molecule has 0 bridgehead atoms. The molecule has 1 unspecified atom stereocenters. The molecule has 2 aromatic carbocycles. The normalized spacial score (nSPS) is 24.4. The van der Waals surface area contributed by atoms with Gasteiger partial charge >= 0.3 is 0 Å². The molecule has 204 valence electrons. The average molecular weight is 526 g/mol. The fourth-order valence-corrected chi connectivity index (χ4v) is 6.60. The quantitative estimate of drug-likeness (QED) is 0.370. The zero-order valence-electron chi connectivity index (χ0n) is 25.2. The van der Waals surface area contributed by atoms with Gasteiger partial charge < -0.3 is 5.32 Å². The molecular weight excluding hydrogens is 481 g/mol. The van der Waals surface area contributed by atoms with E-state index >= 15 is 0 Å². The maximum atomic E-state index is 4.36. The van der Waals surface area contributed by atoms with Gasteiger partial charge in [0.15, 0.2) is 0 Å². The molecule has 0 saturated heterocycles. The van der Waals surface area contributed by atoms with E-state index in [2.05, 4.69) is 139 Å². The van der Waals surface area contributed by atoms with Crippen LogP contribution in [0.25, 0.3) is 0 Å². The molecule has 1 aliphatic heterocycles. The Morgan fingerprint density at radius 2 is 1.77 bits per heavy atom. The molecule has 1 N–H and O–H groups in total. The highest BCUT2D eigenvalue weighted by Gasteiger charge is 2.39. The summed E-state index contributed by atoms with van der Waals surface area (Å²) in [7, 11) is 0. The number of anilines is 1. The Morgan fingerprint density at radius 3 is 2.45 bits per heavy atom. The Bertz CT molecular complexity index is 1470. The molecule has 0 spiro atoms. The van der Waals surface area contributed by atoms with Crippen molar-refractivity contribution in [3.05, 3.63) is 142 Å². The van der Waals surface area contributed by atoms with E-state index in [9.17, 15) is 0 Å². The molecular formula is C38H44BN. The van der Waals surface area contributed by atoms with Gasteiger partial charge in [0, 0.05) is 11.6 Å². The summed E-state index contributed by atoms with van der Waals surface area (Å²) in [6.07, 6.45) is 20.0. The maximum Gasteiger partial charge on any atom is 0.243 e. The lowest BCUT2D eigenvalue weighted by molar-refractivity contribution is 0.704. The molecule has 0 amide bonds. The second-order valence-corrected chi connectivity index (χ2v) is 12.6. The van der Waals surface area contributed by atoms with E-state index in [1.807, 2.05) is 0 Å². The van der Waals surface area contributed by atoms with Crippen molar-refractivity contribution in [1.29, 1.82) is 0 Å². The number of benzene rings is 2. The van der Waals surface area contributed by atoms with E-state index in [1.54, 1.807) is 0 Å². The highest BCUT2D eigenvalue weighted by atomic mass is 14.8. The van der Waals surface area contributed by atoms with Crippen molar-refractivity contribution in [2.24, 2.45) is 11.8 Å². The number of hydrogen-bond acceptors (Lipinski definition) is 1. The summed E-state index contributed by atoms with van der Waals surface area (Å²) in [5.41, 5.74) is 14.7. The third kappa shape index (κ3) is 6.28. The second-order valence-electron chi connectivity index (χ2n) is 12.6. The van der Waals surface area contributed by atoms with Crippen molar-refractivity contribution in [3.63, 3.8) is 0 Å². The lowest BCUT2D eigenvalue weighted by Gasteiger charge is -2.38. The van der Waals surface area contributed by atoms with Crippen LogP contribution in [0.3, 0.4) is 0 Å². The van der Waals surface area contributed by atoms with Crippen molar-refractivity contribution in [3.8, 4) is 0 Å². The summed E-state index contributed by atoms with van der Waals surface area (Å²) >= 11 is 0. The largest absolute Gasteiger partial charge is 0.362 e. The van der Waals surface area contributed by atoms with Gasteiger partial charge in [-0.2, -0.15) is 0 Å². The van der Waals surface area contributed by atoms with Crippen LogP contribution in [0.5, 0.6) is 0 Å². The molecule has 3 atom stereocenters. The Kier molecular flexibility index (Phi) is 8.36. The van der Waals surface area contributed by atoms with Crippen LogP contribution in [0.15, 0.2) is 125 Å². The Balaban J connectivity index is 1.72. The molecule has 2 heteroatoms. The summed E-state index contributed by atoms with van der Waals surface area (Å²) in [6, 6.07) is 15.8. The summed E-state index contributed by atoms with van der Waals surface area (Å²) in [5, 5.41) is 3.70. The van der Waals surface area contributed by atoms with Crippen LogP contribution in [0, 0.1) is 25.7 Å². The lowest BCUT2D eigenvalue weighted by atomic mass is 9.30. The first-order valence-corrected chi connectivity index (χ1v) is 14.9. The SMILES string of the molecule is C=C(C)C=C1/C(=C/Nc2ccc(C)cc2)B(C2=C[C@H](C)CC(C)=C2)c2cc(C)ccc2[C@@H]1CC1=CCC(C)C=C1. The van der Waals surface area contributed by atoms with Gasteiger partial charge in [-0.1, -0.05) is 126 Å². The van der Waals surface area contributed by atoms with E-state index in [1.165, 1.54) is 49.8 Å². The predicted octanol–water partition coefficient (Wildman–Crippen LogP) is 9.50. The van der Waals surface area contributed by atoms with Gasteiger partial charge in [0.05, 0.1) is 0 Å². The number of fused-ring (bicyclic) bond motifs is 1. The number of nitrogens with one attached hydrogen (secondary N) is 1. The molecule has 1 heterocycles.